The van der Waals surface area contributed by atoms with Gasteiger partial charge in [0.2, 0.25) is 11.8 Å². The molecule has 1 saturated heterocycles. The van der Waals surface area contributed by atoms with Crippen molar-refractivity contribution in [2.75, 3.05) is 19.6 Å². The summed E-state index contributed by atoms with van der Waals surface area (Å²) in [5, 5.41) is 9.52. The summed E-state index contributed by atoms with van der Waals surface area (Å²) in [4.78, 5) is 25.3. The molecule has 0 radical (unpaired) electrons. The lowest BCUT2D eigenvalue weighted by molar-refractivity contribution is -0.135. The number of carbonyl (C=O) groups excluding carboxylic acids is 2. The van der Waals surface area contributed by atoms with E-state index in [0.717, 1.165) is 64.5 Å². The van der Waals surface area contributed by atoms with Gasteiger partial charge in [0.1, 0.15) is 5.54 Å². The Morgan fingerprint density at radius 1 is 1.17 bits per heavy atom. The van der Waals surface area contributed by atoms with Gasteiger partial charge in [-0.3, -0.25) is 9.59 Å². The van der Waals surface area contributed by atoms with Gasteiger partial charge in [0.05, 0.1) is 0 Å². The molecule has 1 unspecified atom stereocenters. The molecule has 3 N–H and O–H groups in total. The number of carbonyl (C=O) groups is 2. The molecule has 2 aliphatic rings. The smallest absolute Gasteiger partial charge is 0.245 e. The lowest BCUT2D eigenvalue weighted by Crippen LogP contribution is -2.60. The molecule has 0 aromatic heterocycles. The van der Waals surface area contributed by atoms with Crippen LogP contribution in [0.5, 0.6) is 0 Å². The Morgan fingerprint density at radius 2 is 1.83 bits per heavy atom. The Labute approximate surface area is 146 Å². The zero-order valence-corrected chi connectivity index (χ0v) is 15.5. The SMILES string of the molecule is CCCNC(=O)C1(NC(=O)CC(C)C2CCNCC2)CCCCC1. The highest BCUT2D eigenvalue weighted by Crippen LogP contribution is 2.30. The number of hydrogen-bond acceptors (Lipinski definition) is 3. The second-order valence-corrected chi connectivity index (χ2v) is 7.72. The van der Waals surface area contributed by atoms with E-state index in [9.17, 15) is 9.59 Å². The molecule has 2 rings (SSSR count). The first-order valence-corrected chi connectivity index (χ1v) is 9.87. The summed E-state index contributed by atoms with van der Waals surface area (Å²) in [5.74, 6) is 1.07. The van der Waals surface area contributed by atoms with Crippen LogP contribution in [0.15, 0.2) is 0 Å². The van der Waals surface area contributed by atoms with E-state index in [2.05, 4.69) is 22.9 Å². The predicted octanol–water partition coefficient (Wildman–Crippen LogP) is 2.36. The molecular weight excluding hydrogens is 302 g/mol. The van der Waals surface area contributed by atoms with Crippen LogP contribution < -0.4 is 16.0 Å². The summed E-state index contributed by atoms with van der Waals surface area (Å²) in [7, 11) is 0. The van der Waals surface area contributed by atoms with E-state index in [0.29, 0.717) is 24.8 Å². The zero-order valence-electron chi connectivity index (χ0n) is 15.5. The molecule has 5 heteroatoms. The third-order valence-electron chi connectivity index (χ3n) is 5.75. The first kappa shape index (κ1) is 19.2. The highest BCUT2D eigenvalue weighted by molar-refractivity contribution is 5.91. The van der Waals surface area contributed by atoms with Gasteiger partial charge in [0.25, 0.3) is 0 Å². The fourth-order valence-electron chi connectivity index (χ4n) is 4.16. The van der Waals surface area contributed by atoms with Crippen LogP contribution >= 0.6 is 0 Å². The number of amides is 2. The molecule has 0 aromatic carbocycles. The maximum absolute atomic E-state index is 12.7. The van der Waals surface area contributed by atoms with Crippen LogP contribution in [0.25, 0.3) is 0 Å². The molecule has 2 amide bonds. The van der Waals surface area contributed by atoms with E-state index < -0.39 is 5.54 Å². The quantitative estimate of drug-likeness (QED) is 0.668. The van der Waals surface area contributed by atoms with E-state index >= 15 is 0 Å². The number of rotatable bonds is 7. The molecular formula is C19H35N3O2. The lowest BCUT2D eigenvalue weighted by Gasteiger charge is -2.37. The minimum atomic E-state index is -0.668. The maximum atomic E-state index is 12.7. The van der Waals surface area contributed by atoms with Crippen molar-refractivity contribution in [1.29, 1.82) is 0 Å². The average molecular weight is 338 g/mol. The van der Waals surface area contributed by atoms with Crippen LogP contribution in [0.1, 0.15) is 71.6 Å². The molecule has 0 aromatic rings. The molecule has 1 aliphatic heterocycles. The first-order valence-electron chi connectivity index (χ1n) is 9.87. The molecule has 1 aliphatic carbocycles. The second kappa shape index (κ2) is 9.40. The van der Waals surface area contributed by atoms with Crippen LogP contribution in [0.2, 0.25) is 0 Å². The van der Waals surface area contributed by atoms with Crippen LogP contribution in [0.4, 0.5) is 0 Å². The average Bonchev–Trinajstić information content (AvgIpc) is 2.61. The van der Waals surface area contributed by atoms with Gasteiger partial charge in [-0.25, -0.2) is 0 Å². The molecule has 2 fully saturated rings. The van der Waals surface area contributed by atoms with Gasteiger partial charge in [0.15, 0.2) is 0 Å². The zero-order chi connectivity index (χ0) is 17.4. The molecule has 1 heterocycles. The van der Waals surface area contributed by atoms with Crippen LogP contribution in [0.3, 0.4) is 0 Å². The van der Waals surface area contributed by atoms with E-state index in [4.69, 9.17) is 0 Å². The first-order chi connectivity index (χ1) is 11.6. The van der Waals surface area contributed by atoms with Crippen molar-refractivity contribution in [2.45, 2.75) is 77.2 Å². The van der Waals surface area contributed by atoms with Crippen molar-refractivity contribution in [2.24, 2.45) is 11.8 Å². The Hall–Kier alpha value is -1.10. The summed E-state index contributed by atoms with van der Waals surface area (Å²) in [6.07, 6.45) is 8.49. The number of nitrogens with one attached hydrogen (secondary N) is 3. The summed E-state index contributed by atoms with van der Waals surface area (Å²) in [5.41, 5.74) is -0.668. The monoisotopic (exact) mass is 337 g/mol. The number of piperidine rings is 1. The Kier molecular flexibility index (Phi) is 7.53. The largest absolute Gasteiger partial charge is 0.354 e. The highest BCUT2D eigenvalue weighted by Gasteiger charge is 2.40. The van der Waals surface area contributed by atoms with Gasteiger partial charge < -0.3 is 16.0 Å². The van der Waals surface area contributed by atoms with Crippen LogP contribution in [0, 0.1) is 11.8 Å². The van der Waals surface area contributed by atoms with E-state index in [1.54, 1.807) is 0 Å². The summed E-state index contributed by atoms with van der Waals surface area (Å²) in [6.45, 7) is 7.02. The Morgan fingerprint density at radius 3 is 2.46 bits per heavy atom. The highest BCUT2D eigenvalue weighted by atomic mass is 16.2. The fourth-order valence-corrected chi connectivity index (χ4v) is 4.16. The molecule has 24 heavy (non-hydrogen) atoms. The molecule has 0 bridgehead atoms. The third kappa shape index (κ3) is 5.20. The van der Waals surface area contributed by atoms with Gasteiger partial charge in [-0.2, -0.15) is 0 Å². The molecule has 5 nitrogen and oxygen atoms in total. The van der Waals surface area contributed by atoms with Gasteiger partial charge in [-0.05, 0) is 57.0 Å². The van der Waals surface area contributed by atoms with Crippen LogP contribution in [-0.2, 0) is 9.59 Å². The van der Waals surface area contributed by atoms with Crippen molar-refractivity contribution in [3.8, 4) is 0 Å². The van der Waals surface area contributed by atoms with Crippen molar-refractivity contribution < 1.29 is 9.59 Å². The standard InChI is InChI=1S/C19H35N3O2/c1-3-11-21-18(24)19(9-5-4-6-10-19)22-17(23)14-15(2)16-7-12-20-13-8-16/h15-16,20H,3-14H2,1-2H3,(H,21,24)(H,22,23). The lowest BCUT2D eigenvalue weighted by atomic mass is 9.79. The Balaban J connectivity index is 1.92. The molecule has 1 atom stereocenters. The topological polar surface area (TPSA) is 70.2 Å². The van der Waals surface area contributed by atoms with Gasteiger partial charge in [0, 0.05) is 13.0 Å². The third-order valence-corrected chi connectivity index (χ3v) is 5.75. The van der Waals surface area contributed by atoms with Gasteiger partial charge >= 0.3 is 0 Å². The number of hydrogen-bond donors (Lipinski definition) is 3. The molecule has 138 valence electrons. The van der Waals surface area contributed by atoms with Crippen molar-refractivity contribution >= 4 is 11.8 Å². The molecule has 1 saturated carbocycles. The summed E-state index contributed by atoms with van der Waals surface area (Å²) in [6, 6.07) is 0. The minimum Gasteiger partial charge on any atom is -0.354 e. The predicted molar refractivity (Wildman–Crippen MR) is 96.6 cm³/mol. The second-order valence-electron chi connectivity index (χ2n) is 7.72. The van der Waals surface area contributed by atoms with Crippen LogP contribution in [-0.4, -0.2) is 37.0 Å². The molecule has 0 spiro atoms. The van der Waals surface area contributed by atoms with Crippen molar-refractivity contribution in [3.05, 3.63) is 0 Å². The van der Waals surface area contributed by atoms with Crippen molar-refractivity contribution in [3.63, 3.8) is 0 Å². The van der Waals surface area contributed by atoms with E-state index in [-0.39, 0.29) is 11.8 Å². The van der Waals surface area contributed by atoms with E-state index in [1.165, 1.54) is 0 Å². The minimum absolute atomic E-state index is 0.0203. The maximum Gasteiger partial charge on any atom is 0.245 e. The van der Waals surface area contributed by atoms with Gasteiger partial charge in [-0.1, -0.05) is 33.1 Å². The fraction of sp³-hybridized carbons (Fsp3) is 0.895. The Bertz CT molecular complexity index is 413. The van der Waals surface area contributed by atoms with E-state index in [1.807, 2.05) is 6.92 Å². The normalized spacial score (nSPS) is 22.6. The summed E-state index contributed by atoms with van der Waals surface area (Å²) >= 11 is 0. The summed E-state index contributed by atoms with van der Waals surface area (Å²) < 4.78 is 0. The van der Waals surface area contributed by atoms with Gasteiger partial charge in [-0.15, -0.1) is 0 Å². The van der Waals surface area contributed by atoms with Crippen molar-refractivity contribution in [1.82, 2.24) is 16.0 Å².